The summed E-state index contributed by atoms with van der Waals surface area (Å²) >= 11 is 0. The average molecular weight is 218 g/mol. The van der Waals surface area contributed by atoms with Crippen molar-refractivity contribution in [2.24, 2.45) is 5.92 Å². The first-order valence-electron chi connectivity index (χ1n) is 6.48. The minimum atomic E-state index is 0.632. The number of nitrogens with one attached hydrogen (secondary N) is 1. The Morgan fingerprint density at radius 1 is 1.38 bits per heavy atom. The molecule has 0 spiro atoms. The highest BCUT2D eigenvalue weighted by atomic mass is 15.0. The van der Waals surface area contributed by atoms with Gasteiger partial charge in [0.2, 0.25) is 0 Å². The van der Waals surface area contributed by atoms with Crippen LogP contribution in [0.4, 0.5) is 5.82 Å². The van der Waals surface area contributed by atoms with Gasteiger partial charge in [-0.05, 0) is 37.8 Å². The third-order valence-corrected chi connectivity index (χ3v) is 3.60. The summed E-state index contributed by atoms with van der Waals surface area (Å²) in [4.78, 5) is 4.51. The van der Waals surface area contributed by atoms with Gasteiger partial charge in [0.1, 0.15) is 5.82 Å². The zero-order chi connectivity index (χ0) is 11.4. The van der Waals surface area contributed by atoms with Crippen LogP contribution in [-0.2, 0) is 0 Å². The lowest BCUT2D eigenvalue weighted by atomic mass is 9.84. The van der Waals surface area contributed by atoms with Crippen LogP contribution >= 0.6 is 0 Å². The van der Waals surface area contributed by atoms with Crippen molar-refractivity contribution in [2.75, 3.05) is 5.32 Å². The Balaban J connectivity index is 1.94. The molecule has 1 aliphatic carbocycles. The third-order valence-electron chi connectivity index (χ3n) is 3.60. The van der Waals surface area contributed by atoms with Gasteiger partial charge in [-0.2, -0.15) is 0 Å². The molecule has 2 unspecified atom stereocenters. The van der Waals surface area contributed by atoms with E-state index in [1.165, 1.54) is 32.1 Å². The molecular weight excluding hydrogens is 196 g/mol. The number of nitrogens with zero attached hydrogens (tertiary/aromatic N) is 1. The van der Waals surface area contributed by atoms with Crippen LogP contribution < -0.4 is 5.32 Å². The molecule has 2 nitrogen and oxygen atoms in total. The summed E-state index contributed by atoms with van der Waals surface area (Å²) in [5, 5.41) is 3.57. The molecule has 1 fully saturated rings. The van der Waals surface area contributed by atoms with Crippen molar-refractivity contribution in [3.05, 3.63) is 23.9 Å². The monoisotopic (exact) mass is 218 g/mol. The average Bonchev–Trinajstić information content (AvgIpc) is 2.29. The van der Waals surface area contributed by atoms with E-state index in [1.807, 2.05) is 13.0 Å². The van der Waals surface area contributed by atoms with Crippen LogP contribution in [0, 0.1) is 12.8 Å². The van der Waals surface area contributed by atoms with Crippen LogP contribution in [0.5, 0.6) is 0 Å². The number of rotatable bonds is 3. The van der Waals surface area contributed by atoms with E-state index in [4.69, 9.17) is 0 Å². The molecule has 1 aromatic heterocycles. The number of aromatic nitrogens is 1. The zero-order valence-electron chi connectivity index (χ0n) is 10.4. The van der Waals surface area contributed by atoms with Gasteiger partial charge in [0.15, 0.2) is 0 Å². The van der Waals surface area contributed by atoms with Gasteiger partial charge in [0, 0.05) is 11.7 Å². The van der Waals surface area contributed by atoms with Gasteiger partial charge in [-0.3, -0.25) is 0 Å². The fourth-order valence-corrected chi connectivity index (χ4v) is 2.63. The van der Waals surface area contributed by atoms with Gasteiger partial charge < -0.3 is 5.32 Å². The van der Waals surface area contributed by atoms with Crippen molar-refractivity contribution >= 4 is 5.82 Å². The number of hydrogen-bond donors (Lipinski definition) is 1. The number of pyridine rings is 1. The Bertz CT molecular complexity index is 335. The molecule has 1 aromatic rings. The van der Waals surface area contributed by atoms with E-state index in [9.17, 15) is 0 Å². The van der Waals surface area contributed by atoms with Gasteiger partial charge in [-0.25, -0.2) is 4.98 Å². The summed E-state index contributed by atoms with van der Waals surface area (Å²) in [5.74, 6) is 1.96. The zero-order valence-corrected chi connectivity index (χ0v) is 10.4. The van der Waals surface area contributed by atoms with Gasteiger partial charge in [-0.15, -0.1) is 0 Å². The maximum absolute atomic E-state index is 4.51. The van der Waals surface area contributed by atoms with Crippen LogP contribution in [0.25, 0.3) is 0 Å². The van der Waals surface area contributed by atoms with E-state index in [-0.39, 0.29) is 0 Å². The fourth-order valence-electron chi connectivity index (χ4n) is 2.63. The minimum absolute atomic E-state index is 0.632. The van der Waals surface area contributed by atoms with Crippen LogP contribution in [0.15, 0.2) is 18.2 Å². The lowest BCUT2D eigenvalue weighted by molar-refractivity contribution is 0.327. The molecule has 0 radical (unpaired) electrons. The Morgan fingerprint density at radius 3 is 3.00 bits per heavy atom. The molecule has 0 aromatic carbocycles. The molecule has 1 N–H and O–H groups in total. The highest BCUT2D eigenvalue weighted by Crippen LogP contribution is 2.28. The first-order valence-corrected chi connectivity index (χ1v) is 6.48. The van der Waals surface area contributed by atoms with Crippen molar-refractivity contribution in [3.63, 3.8) is 0 Å². The van der Waals surface area contributed by atoms with Gasteiger partial charge in [-0.1, -0.05) is 32.3 Å². The Morgan fingerprint density at radius 2 is 2.25 bits per heavy atom. The SMILES string of the molecule is CCC1CCCC(Nc2cccc(C)n2)C1. The first kappa shape index (κ1) is 11.4. The third kappa shape index (κ3) is 2.97. The normalized spacial score (nSPS) is 25.4. The molecule has 1 saturated carbocycles. The Kier molecular flexibility index (Phi) is 3.81. The van der Waals surface area contributed by atoms with Crippen molar-refractivity contribution < 1.29 is 0 Å². The van der Waals surface area contributed by atoms with Crippen molar-refractivity contribution in [2.45, 2.75) is 52.0 Å². The molecule has 0 aliphatic heterocycles. The van der Waals surface area contributed by atoms with E-state index >= 15 is 0 Å². The lowest BCUT2D eigenvalue weighted by Crippen LogP contribution is -2.27. The Hall–Kier alpha value is -1.05. The standard InChI is InChI=1S/C14H22N2/c1-3-12-7-5-8-13(10-12)16-14-9-4-6-11(2)15-14/h4,6,9,12-13H,3,5,7-8,10H2,1-2H3,(H,15,16). The summed E-state index contributed by atoms with van der Waals surface area (Å²) in [6, 6.07) is 6.82. The fraction of sp³-hybridized carbons (Fsp3) is 0.643. The molecule has 1 heterocycles. The topological polar surface area (TPSA) is 24.9 Å². The van der Waals surface area contributed by atoms with Gasteiger partial charge >= 0.3 is 0 Å². The second-order valence-corrected chi connectivity index (χ2v) is 4.95. The summed E-state index contributed by atoms with van der Waals surface area (Å²) in [5.41, 5.74) is 1.09. The summed E-state index contributed by atoms with van der Waals surface area (Å²) in [7, 11) is 0. The molecule has 2 heteroatoms. The highest BCUT2D eigenvalue weighted by molar-refractivity contribution is 5.36. The molecule has 2 rings (SSSR count). The predicted octanol–water partition coefficient (Wildman–Crippen LogP) is 3.77. The molecular formula is C14H22N2. The Labute approximate surface area is 98.5 Å². The summed E-state index contributed by atoms with van der Waals surface area (Å²) < 4.78 is 0. The molecule has 1 aliphatic rings. The summed E-state index contributed by atoms with van der Waals surface area (Å²) in [6.07, 6.45) is 6.70. The number of aryl methyl sites for hydroxylation is 1. The molecule has 2 atom stereocenters. The van der Waals surface area contributed by atoms with E-state index in [2.05, 4.69) is 29.4 Å². The van der Waals surface area contributed by atoms with Crippen LogP contribution in [-0.4, -0.2) is 11.0 Å². The molecule has 0 bridgehead atoms. The van der Waals surface area contributed by atoms with E-state index in [1.54, 1.807) is 0 Å². The van der Waals surface area contributed by atoms with Gasteiger partial charge in [0.25, 0.3) is 0 Å². The van der Waals surface area contributed by atoms with Crippen molar-refractivity contribution in [3.8, 4) is 0 Å². The number of anilines is 1. The smallest absolute Gasteiger partial charge is 0.126 e. The van der Waals surface area contributed by atoms with Crippen LogP contribution in [0.1, 0.15) is 44.7 Å². The van der Waals surface area contributed by atoms with Crippen molar-refractivity contribution in [1.82, 2.24) is 4.98 Å². The summed E-state index contributed by atoms with van der Waals surface area (Å²) in [6.45, 7) is 4.35. The second kappa shape index (κ2) is 5.33. The number of hydrogen-bond acceptors (Lipinski definition) is 2. The second-order valence-electron chi connectivity index (χ2n) is 4.95. The van der Waals surface area contributed by atoms with Gasteiger partial charge in [0.05, 0.1) is 0 Å². The first-order chi connectivity index (χ1) is 7.78. The maximum Gasteiger partial charge on any atom is 0.126 e. The lowest BCUT2D eigenvalue weighted by Gasteiger charge is -2.29. The van der Waals surface area contributed by atoms with Crippen molar-refractivity contribution in [1.29, 1.82) is 0 Å². The van der Waals surface area contributed by atoms with E-state index in [0.717, 1.165) is 17.4 Å². The molecule has 88 valence electrons. The largest absolute Gasteiger partial charge is 0.367 e. The van der Waals surface area contributed by atoms with Crippen LogP contribution in [0.2, 0.25) is 0 Å². The van der Waals surface area contributed by atoms with Crippen LogP contribution in [0.3, 0.4) is 0 Å². The van der Waals surface area contributed by atoms with E-state index in [0.29, 0.717) is 6.04 Å². The maximum atomic E-state index is 4.51. The quantitative estimate of drug-likeness (QED) is 0.835. The molecule has 0 saturated heterocycles. The van der Waals surface area contributed by atoms with E-state index < -0.39 is 0 Å². The highest BCUT2D eigenvalue weighted by Gasteiger charge is 2.20. The minimum Gasteiger partial charge on any atom is -0.367 e. The molecule has 16 heavy (non-hydrogen) atoms. The predicted molar refractivity (Wildman–Crippen MR) is 68.6 cm³/mol. The molecule has 0 amide bonds.